The van der Waals surface area contributed by atoms with Crippen molar-refractivity contribution in [1.82, 2.24) is 0 Å². The zero-order valence-corrected chi connectivity index (χ0v) is 14.9. The van der Waals surface area contributed by atoms with Crippen molar-refractivity contribution >= 4 is 11.5 Å². The second-order valence-electron chi connectivity index (χ2n) is 7.39. The van der Waals surface area contributed by atoms with Gasteiger partial charge in [-0.1, -0.05) is 32.0 Å². The van der Waals surface area contributed by atoms with Crippen LogP contribution in [0.5, 0.6) is 0 Å². The quantitative estimate of drug-likeness (QED) is 0.459. The molecule has 3 aliphatic rings. The average molecular weight is 348 g/mol. The fourth-order valence-electron chi connectivity index (χ4n) is 4.27. The Bertz CT molecular complexity index is 948. The molecule has 4 rings (SSSR count). The number of fused-ring (bicyclic) bond motifs is 3. The van der Waals surface area contributed by atoms with Gasteiger partial charge in [0.15, 0.2) is 5.78 Å². The third-order valence-corrected chi connectivity index (χ3v) is 5.40. The van der Waals surface area contributed by atoms with Crippen molar-refractivity contribution in [3.05, 3.63) is 86.8 Å². The molecule has 26 heavy (non-hydrogen) atoms. The van der Waals surface area contributed by atoms with Crippen molar-refractivity contribution in [2.45, 2.75) is 32.1 Å². The maximum atomic E-state index is 12.2. The Kier molecular flexibility index (Phi) is 3.68. The van der Waals surface area contributed by atoms with Crippen molar-refractivity contribution in [3.8, 4) is 0 Å². The number of carbonyl (C=O) groups is 1. The van der Waals surface area contributed by atoms with E-state index in [4.69, 9.17) is 0 Å². The summed E-state index contributed by atoms with van der Waals surface area (Å²) >= 11 is 0. The second kappa shape index (κ2) is 5.80. The van der Waals surface area contributed by atoms with E-state index in [0.717, 1.165) is 25.0 Å². The first-order valence-corrected chi connectivity index (χ1v) is 8.80. The van der Waals surface area contributed by atoms with Gasteiger partial charge >= 0.3 is 0 Å². The SMILES string of the molecule is CC1(C)C2=C(/C=C3/C=C([N+](=O)[O-])C=CC3=O)CCCN2c2ccccc21. The van der Waals surface area contributed by atoms with Crippen LogP contribution in [0.2, 0.25) is 0 Å². The Hall–Kier alpha value is -2.95. The van der Waals surface area contributed by atoms with Crippen LogP contribution in [0.25, 0.3) is 0 Å². The molecule has 0 amide bonds. The molecular formula is C21H20N2O3. The number of carbonyl (C=O) groups excluding carboxylic acids is 1. The zero-order valence-electron chi connectivity index (χ0n) is 14.9. The van der Waals surface area contributed by atoms with Gasteiger partial charge in [0.05, 0.1) is 4.92 Å². The number of hydrogen-bond donors (Lipinski definition) is 0. The van der Waals surface area contributed by atoms with Crippen molar-refractivity contribution in [2.24, 2.45) is 0 Å². The molecule has 0 unspecified atom stereocenters. The largest absolute Gasteiger partial charge is 0.344 e. The maximum Gasteiger partial charge on any atom is 0.270 e. The summed E-state index contributed by atoms with van der Waals surface area (Å²) in [4.78, 5) is 25.2. The van der Waals surface area contributed by atoms with Gasteiger partial charge in [-0.15, -0.1) is 0 Å². The number of para-hydroxylation sites is 1. The van der Waals surface area contributed by atoms with E-state index in [1.165, 1.54) is 35.2 Å². The van der Waals surface area contributed by atoms with Crippen LogP contribution in [-0.2, 0) is 10.2 Å². The summed E-state index contributed by atoms with van der Waals surface area (Å²) in [5.41, 5.74) is 4.97. The Morgan fingerprint density at radius 2 is 2.00 bits per heavy atom. The van der Waals surface area contributed by atoms with Crippen LogP contribution in [0.15, 0.2) is 71.1 Å². The van der Waals surface area contributed by atoms with Crippen LogP contribution in [0.3, 0.4) is 0 Å². The topological polar surface area (TPSA) is 63.5 Å². The highest BCUT2D eigenvalue weighted by atomic mass is 16.6. The summed E-state index contributed by atoms with van der Waals surface area (Å²) in [5, 5.41) is 11.1. The molecule has 2 aliphatic heterocycles. The van der Waals surface area contributed by atoms with Crippen molar-refractivity contribution < 1.29 is 9.72 Å². The smallest absolute Gasteiger partial charge is 0.270 e. The minimum atomic E-state index is -0.461. The molecule has 0 atom stereocenters. The van der Waals surface area contributed by atoms with Gasteiger partial charge in [-0.3, -0.25) is 14.9 Å². The normalized spacial score (nSPS) is 22.4. The van der Waals surface area contributed by atoms with E-state index in [0.29, 0.717) is 5.57 Å². The molecule has 5 nitrogen and oxygen atoms in total. The third-order valence-electron chi connectivity index (χ3n) is 5.40. The number of nitrogens with zero attached hydrogens (tertiary/aromatic N) is 2. The monoisotopic (exact) mass is 348 g/mol. The van der Waals surface area contributed by atoms with E-state index in [1.54, 1.807) is 0 Å². The highest BCUT2D eigenvalue weighted by molar-refractivity contribution is 6.08. The van der Waals surface area contributed by atoms with E-state index in [9.17, 15) is 14.9 Å². The molecule has 0 bridgehead atoms. The molecule has 5 heteroatoms. The molecule has 1 aromatic carbocycles. The van der Waals surface area contributed by atoms with Crippen LogP contribution < -0.4 is 4.90 Å². The summed E-state index contributed by atoms with van der Waals surface area (Å²) in [7, 11) is 0. The van der Waals surface area contributed by atoms with Gasteiger partial charge in [-0.05, 0) is 42.2 Å². The fourth-order valence-corrected chi connectivity index (χ4v) is 4.27. The van der Waals surface area contributed by atoms with E-state index in [-0.39, 0.29) is 16.9 Å². The Balaban J connectivity index is 1.86. The number of ketones is 1. The highest BCUT2D eigenvalue weighted by Crippen LogP contribution is 2.51. The van der Waals surface area contributed by atoms with Gasteiger partial charge in [-0.2, -0.15) is 0 Å². The number of nitro groups is 1. The lowest BCUT2D eigenvalue weighted by Gasteiger charge is -2.33. The lowest BCUT2D eigenvalue weighted by molar-refractivity contribution is -0.419. The maximum absolute atomic E-state index is 12.2. The Morgan fingerprint density at radius 3 is 2.77 bits per heavy atom. The molecule has 1 aromatic rings. The number of rotatable bonds is 2. The average Bonchev–Trinajstić information content (AvgIpc) is 2.86. The molecule has 0 fully saturated rings. The molecule has 1 aliphatic carbocycles. The summed E-state index contributed by atoms with van der Waals surface area (Å²) in [6, 6.07) is 8.40. The van der Waals surface area contributed by atoms with E-state index < -0.39 is 4.92 Å². The van der Waals surface area contributed by atoms with Crippen LogP contribution >= 0.6 is 0 Å². The molecule has 0 spiro atoms. The Morgan fingerprint density at radius 1 is 1.23 bits per heavy atom. The first-order chi connectivity index (χ1) is 12.4. The molecule has 0 aromatic heterocycles. The van der Waals surface area contributed by atoms with Crippen LogP contribution in [-0.4, -0.2) is 17.3 Å². The zero-order chi connectivity index (χ0) is 18.5. The summed E-state index contributed by atoms with van der Waals surface area (Å²) in [5.74, 6) is -0.186. The Labute approximate surface area is 152 Å². The first-order valence-electron chi connectivity index (χ1n) is 8.80. The van der Waals surface area contributed by atoms with Gasteiger partial charge in [-0.25, -0.2) is 0 Å². The van der Waals surface area contributed by atoms with Crippen molar-refractivity contribution in [2.75, 3.05) is 11.4 Å². The van der Waals surface area contributed by atoms with E-state index in [2.05, 4.69) is 36.9 Å². The number of hydrogen-bond acceptors (Lipinski definition) is 4. The molecule has 2 heterocycles. The van der Waals surface area contributed by atoms with Crippen LogP contribution in [0.4, 0.5) is 5.69 Å². The standard InChI is InChI=1S/C21H20N2O3/c1-21(2)17-7-3-4-8-18(17)22-11-5-6-14(20(21)22)12-15-13-16(23(25)26)9-10-19(15)24/h3-4,7-10,12-13H,5-6,11H2,1-2H3/b15-12-. The van der Waals surface area contributed by atoms with Crippen LogP contribution in [0, 0.1) is 10.1 Å². The lowest BCUT2D eigenvalue weighted by atomic mass is 9.80. The summed E-state index contributed by atoms with van der Waals surface area (Å²) in [6.45, 7) is 5.35. The summed E-state index contributed by atoms with van der Waals surface area (Å²) < 4.78 is 0. The van der Waals surface area contributed by atoms with Crippen molar-refractivity contribution in [1.29, 1.82) is 0 Å². The fraction of sp³-hybridized carbons (Fsp3) is 0.286. The van der Waals surface area contributed by atoms with Crippen LogP contribution in [0.1, 0.15) is 32.3 Å². The lowest BCUT2D eigenvalue weighted by Crippen LogP contribution is -2.31. The number of anilines is 1. The predicted octanol–water partition coefficient (Wildman–Crippen LogP) is 4.06. The molecule has 0 saturated heterocycles. The van der Waals surface area contributed by atoms with E-state index in [1.807, 2.05) is 12.1 Å². The number of benzene rings is 1. The third kappa shape index (κ3) is 2.43. The number of allylic oxidation sites excluding steroid dienone is 7. The minimum absolute atomic E-state index is 0.0527. The van der Waals surface area contributed by atoms with Gasteiger partial charge in [0.25, 0.3) is 5.70 Å². The molecule has 132 valence electrons. The molecular weight excluding hydrogens is 328 g/mol. The highest BCUT2D eigenvalue weighted by Gasteiger charge is 2.42. The van der Waals surface area contributed by atoms with Crippen molar-refractivity contribution in [3.63, 3.8) is 0 Å². The van der Waals surface area contributed by atoms with Gasteiger partial charge < -0.3 is 4.90 Å². The predicted molar refractivity (Wildman–Crippen MR) is 100 cm³/mol. The molecule has 0 N–H and O–H groups in total. The molecule has 0 saturated carbocycles. The van der Waals surface area contributed by atoms with Gasteiger partial charge in [0.1, 0.15) is 0 Å². The first kappa shape index (κ1) is 16.5. The van der Waals surface area contributed by atoms with Gasteiger partial charge in [0, 0.05) is 41.1 Å². The van der Waals surface area contributed by atoms with Gasteiger partial charge in [0.2, 0.25) is 0 Å². The molecule has 0 radical (unpaired) electrons. The van der Waals surface area contributed by atoms with E-state index >= 15 is 0 Å². The minimum Gasteiger partial charge on any atom is -0.344 e. The second-order valence-corrected chi connectivity index (χ2v) is 7.39. The summed E-state index contributed by atoms with van der Waals surface area (Å²) in [6.07, 6.45) is 7.63.